The molecule has 2 aromatic heterocycles. The topological polar surface area (TPSA) is 66.7 Å². The molecule has 0 aliphatic carbocycles. The van der Waals surface area contributed by atoms with Crippen molar-refractivity contribution in [1.29, 1.82) is 0 Å². The number of pyridine rings is 1. The third-order valence-electron chi connectivity index (χ3n) is 5.87. The molecule has 6 nitrogen and oxygen atoms in total. The summed E-state index contributed by atoms with van der Waals surface area (Å²) in [6, 6.07) is 5.57. The molecule has 2 fully saturated rings. The Labute approximate surface area is 152 Å². The number of furan rings is 1. The highest BCUT2D eigenvalue weighted by Gasteiger charge is 2.51. The van der Waals surface area contributed by atoms with E-state index in [-0.39, 0.29) is 23.3 Å². The fourth-order valence-corrected chi connectivity index (χ4v) is 4.50. The van der Waals surface area contributed by atoms with Crippen LogP contribution in [0.1, 0.15) is 48.0 Å². The molecular weight excluding hydrogens is 330 g/mol. The highest BCUT2D eigenvalue weighted by molar-refractivity contribution is 5.94. The number of hydrogen-bond acceptors (Lipinski definition) is 4. The number of rotatable bonds is 3. The van der Waals surface area contributed by atoms with Gasteiger partial charge in [-0.1, -0.05) is 6.07 Å². The number of carbonyl (C=O) groups excluding carboxylic acids is 2. The molecule has 0 unspecified atom stereocenters. The fraction of sp³-hybridized carbons (Fsp3) is 0.450. The first-order chi connectivity index (χ1) is 12.6. The van der Waals surface area contributed by atoms with Gasteiger partial charge in [0.2, 0.25) is 5.91 Å². The molecule has 6 heteroatoms. The van der Waals surface area contributed by atoms with Gasteiger partial charge in [-0.3, -0.25) is 14.6 Å². The average molecular weight is 353 g/mol. The maximum absolute atomic E-state index is 13.0. The Morgan fingerprint density at radius 3 is 2.77 bits per heavy atom. The monoisotopic (exact) mass is 353 g/mol. The highest BCUT2D eigenvalue weighted by atomic mass is 16.3. The lowest BCUT2D eigenvalue weighted by Crippen LogP contribution is -2.54. The molecule has 2 aliphatic heterocycles. The first kappa shape index (κ1) is 16.8. The maximum atomic E-state index is 13.0. The van der Waals surface area contributed by atoms with Crippen molar-refractivity contribution in [3.05, 3.63) is 54.2 Å². The lowest BCUT2D eigenvalue weighted by molar-refractivity contribution is -0.133. The van der Waals surface area contributed by atoms with E-state index in [0.717, 1.165) is 24.8 Å². The van der Waals surface area contributed by atoms with Crippen molar-refractivity contribution in [3.63, 3.8) is 0 Å². The quantitative estimate of drug-likeness (QED) is 0.851. The molecule has 0 bridgehead atoms. The van der Waals surface area contributed by atoms with Crippen molar-refractivity contribution < 1.29 is 14.0 Å². The van der Waals surface area contributed by atoms with Crippen molar-refractivity contribution >= 4 is 11.8 Å². The van der Waals surface area contributed by atoms with Gasteiger partial charge in [0.1, 0.15) is 6.26 Å². The van der Waals surface area contributed by atoms with Crippen LogP contribution in [0, 0.1) is 0 Å². The van der Waals surface area contributed by atoms with Gasteiger partial charge in [0.05, 0.1) is 17.7 Å². The standard InChI is InChI=1S/C20H23N3O3/c1-2-23-19(25)17(15-4-3-8-21-13-15)12-20(23)6-9-22(10-7-20)18(24)16-5-11-26-14-16/h3-5,8,11,13-14,17H,2,6-7,9-10,12H2,1H3/t17-/m0/s1. The zero-order chi connectivity index (χ0) is 18.1. The van der Waals surface area contributed by atoms with Crippen molar-refractivity contribution in [2.45, 2.75) is 37.6 Å². The first-order valence-electron chi connectivity index (χ1n) is 9.17. The molecule has 2 saturated heterocycles. The summed E-state index contributed by atoms with van der Waals surface area (Å²) in [6.07, 6.45) is 8.97. The minimum atomic E-state index is -0.153. The van der Waals surface area contributed by atoms with E-state index in [9.17, 15) is 9.59 Å². The largest absolute Gasteiger partial charge is 0.472 e. The number of likely N-dealkylation sites (tertiary alicyclic amines) is 2. The maximum Gasteiger partial charge on any atom is 0.257 e. The van der Waals surface area contributed by atoms with Crippen LogP contribution in [0.3, 0.4) is 0 Å². The van der Waals surface area contributed by atoms with E-state index in [2.05, 4.69) is 4.98 Å². The summed E-state index contributed by atoms with van der Waals surface area (Å²) in [4.78, 5) is 33.6. The van der Waals surface area contributed by atoms with E-state index < -0.39 is 0 Å². The van der Waals surface area contributed by atoms with Crippen LogP contribution in [0.2, 0.25) is 0 Å². The summed E-state index contributed by atoms with van der Waals surface area (Å²) in [5.74, 6) is 0.0691. The normalized spacial score (nSPS) is 22.2. The molecule has 0 radical (unpaired) electrons. The van der Waals surface area contributed by atoms with Crippen LogP contribution in [-0.4, -0.2) is 51.8 Å². The summed E-state index contributed by atoms with van der Waals surface area (Å²) in [6.45, 7) is 4.06. The molecule has 4 rings (SSSR count). The van der Waals surface area contributed by atoms with Crippen LogP contribution in [0.15, 0.2) is 47.5 Å². The average Bonchev–Trinajstić information content (AvgIpc) is 3.30. The van der Waals surface area contributed by atoms with E-state index in [1.165, 1.54) is 12.5 Å². The zero-order valence-corrected chi connectivity index (χ0v) is 14.9. The van der Waals surface area contributed by atoms with Gasteiger partial charge >= 0.3 is 0 Å². The summed E-state index contributed by atoms with van der Waals surface area (Å²) in [5, 5.41) is 0. The number of piperidine rings is 1. The smallest absolute Gasteiger partial charge is 0.257 e. The lowest BCUT2D eigenvalue weighted by Gasteiger charge is -2.44. The van der Waals surface area contributed by atoms with Gasteiger partial charge in [0.15, 0.2) is 0 Å². The molecule has 1 spiro atoms. The molecule has 1 atom stereocenters. The second-order valence-corrected chi connectivity index (χ2v) is 7.15. The summed E-state index contributed by atoms with van der Waals surface area (Å²) >= 11 is 0. The van der Waals surface area contributed by atoms with Gasteiger partial charge in [-0.25, -0.2) is 0 Å². The number of hydrogen-bond donors (Lipinski definition) is 0. The molecule has 4 heterocycles. The number of likely N-dealkylation sites (N-methyl/N-ethyl adjacent to an activating group) is 1. The third-order valence-corrected chi connectivity index (χ3v) is 5.87. The Morgan fingerprint density at radius 1 is 1.35 bits per heavy atom. The van der Waals surface area contributed by atoms with Crippen molar-refractivity contribution in [1.82, 2.24) is 14.8 Å². The molecule has 0 N–H and O–H groups in total. The molecule has 2 aliphatic rings. The summed E-state index contributed by atoms with van der Waals surface area (Å²) in [5.41, 5.74) is 1.42. The zero-order valence-electron chi connectivity index (χ0n) is 14.9. The predicted molar refractivity (Wildman–Crippen MR) is 95.6 cm³/mol. The lowest BCUT2D eigenvalue weighted by atomic mass is 9.81. The third kappa shape index (κ3) is 2.69. The van der Waals surface area contributed by atoms with Gasteiger partial charge in [-0.15, -0.1) is 0 Å². The van der Waals surface area contributed by atoms with E-state index in [0.29, 0.717) is 25.2 Å². The van der Waals surface area contributed by atoms with Crippen LogP contribution < -0.4 is 0 Å². The van der Waals surface area contributed by atoms with E-state index >= 15 is 0 Å². The molecule has 2 aromatic rings. The Balaban J connectivity index is 1.52. The molecule has 0 saturated carbocycles. The highest BCUT2D eigenvalue weighted by Crippen LogP contribution is 2.45. The molecule has 2 amide bonds. The van der Waals surface area contributed by atoms with E-state index in [1.807, 2.05) is 28.9 Å². The van der Waals surface area contributed by atoms with E-state index in [4.69, 9.17) is 4.42 Å². The predicted octanol–water partition coefficient (Wildman–Crippen LogP) is 2.69. The van der Waals surface area contributed by atoms with Crippen LogP contribution in [0.4, 0.5) is 0 Å². The second kappa shape index (κ2) is 6.59. The molecule has 26 heavy (non-hydrogen) atoms. The number of carbonyl (C=O) groups is 2. The Hall–Kier alpha value is -2.63. The fourth-order valence-electron chi connectivity index (χ4n) is 4.50. The number of amides is 2. The summed E-state index contributed by atoms with van der Waals surface area (Å²) in [7, 11) is 0. The van der Waals surface area contributed by atoms with Crippen LogP contribution >= 0.6 is 0 Å². The molecule has 0 aromatic carbocycles. The minimum absolute atomic E-state index is 0.00443. The Kier molecular flexibility index (Phi) is 4.26. The van der Waals surface area contributed by atoms with Gasteiger partial charge in [-0.05, 0) is 43.9 Å². The van der Waals surface area contributed by atoms with Crippen LogP contribution in [0.25, 0.3) is 0 Å². The Bertz CT molecular complexity index is 780. The van der Waals surface area contributed by atoms with Crippen molar-refractivity contribution in [2.24, 2.45) is 0 Å². The number of nitrogens with zero attached hydrogens (tertiary/aromatic N) is 3. The van der Waals surface area contributed by atoms with Gasteiger partial charge in [0, 0.05) is 37.6 Å². The van der Waals surface area contributed by atoms with Gasteiger partial charge in [0.25, 0.3) is 5.91 Å². The van der Waals surface area contributed by atoms with Crippen molar-refractivity contribution in [2.75, 3.05) is 19.6 Å². The SMILES string of the molecule is CCN1C(=O)[C@H](c2cccnc2)CC12CCN(C(=O)c1ccoc1)CC2. The van der Waals surface area contributed by atoms with E-state index in [1.54, 1.807) is 18.5 Å². The van der Waals surface area contributed by atoms with Gasteiger partial charge in [-0.2, -0.15) is 0 Å². The second-order valence-electron chi connectivity index (χ2n) is 7.15. The van der Waals surface area contributed by atoms with Crippen LogP contribution in [0.5, 0.6) is 0 Å². The number of aromatic nitrogens is 1. The summed E-state index contributed by atoms with van der Waals surface area (Å²) < 4.78 is 5.03. The molecular formula is C20H23N3O3. The molecule has 136 valence electrons. The minimum Gasteiger partial charge on any atom is -0.472 e. The van der Waals surface area contributed by atoms with Crippen molar-refractivity contribution in [3.8, 4) is 0 Å². The Morgan fingerprint density at radius 2 is 2.15 bits per heavy atom. The first-order valence-corrected chi connectivity index (χ1v) is 9.17. The van der Waals surface area contributed by atoms with Gasteiger partial charge < -0.3 is 14.2 Å². The van der Waals surface area contributed by atoms with Crippen LogP contribution in [-0.2, 0) is 4.79 Å².